The third-order valence-corrected chi connectivity index (χ3v) is 6.68. The van der Waals surface area contributed by atoms with Crippen LogP contribution >= 0.6 is 22.7 Å². The molecule has 0 aliphatic rings. The van der Waals surface area contributed by atoms with Crippen molar-refractivity contribution < 1.29 is 18.0 Å². The quantitative estimate of drug-likeness (QED) is 0.613. The molecule has 3 rings (SSSR count). The van der Waals surface area contributed by atoms with Gasteiger partial charge in [0.05, 0.1) is 27.2 Å². The van der Waals surface area contributed by atoms with Crippen molar-refractivity contribution in [2.45, 2.75) is 32.1 Å². The van der Waals surface area contributed by atoms with Crippen molar-refractivity contribution in [3.8, 4) is 0 Å². The zero-order valence-corrected chi connectivity index (χ0v) is 18.7. The predicted octanol–water partition coefficient (Wildman–Crippen LogP) is 3.32. The van der Waals surface area contributed by atoms with Crippen LogP contribution in [0.25, 0.3) is 10.2 Å². The number of hydrogen-bond acceptors (Lipinski definition) is 8. The summed E-state index contributed by atoms with van der Waals surface area (Å²) in [4.78, 5) is 33.1. The lowest BCUT2D eigenvalue weighted by Crippen LogP contribution is -2.27. The van der Waals surface area contributed by atoms with Crippen molar-refractivity contribution in [3.05, 3.63) is 29.3 Å². The molecule has 2 amide bonds. The van der Waals surface area contributed by atoms with Gasteiger partial charge in [-0.25, -0.2) is 18.4 Å². The molecule has 29 heavy (non-hydrogen) atoms. The molecule has 0 unspecified atom stereocenters. The van der Waals surface area contributed by atoms with Gasteiger partial charge in [-0.15, -0.1) is 11.3 Å². The fourth-order valence-electron chi connectivity index (χ4n) is 2.25. The van der Waals surface area contributed by atoms with E-state index in [9.17, 15) is 18.0 Å². The summed E-state index contributed by atoms with van der Waals surface area (Å²) in [6.45, 7) is 5.42. The minimum absolute atomic E-state index is 0.0341. The first-order chi connectivity index (χ1) is 13.4. The number of thiazole rings is 2. The third-order valence-electron chi connectivity index (χ3n) is 3.83. The van der Waals surface area contributed by atoms with E-state index in [0.717, 1.165) is 6.26 Å². The minimum Gasteiger partial charge on any atom is -0.302 e. The van der Waals surface area contributed by atoms with Crippen LogP contribution in [0.3, 0.4) is 0 Å². The Hall–Kier alpha value is -2.37. The Kier molecular flexibility index (Phi) is 5.74. The van der Waals surface area contributed by atoms with Gasteiger partial charge in [-0.1, -0.05) is 32.1 Å². The van der Waals surface area contributed by atoms with Crippen molar-refractivity contribution in [2.24, 2.45) is 5.41 Å². The van der Waals surface area contributed by atoms with Crippen LogP contribution in [0.5, 0.6) is 0 Å². The molecule has 0 atom stereocenters. The molecular weight excluding hydrogens is 432 g/mol. The van der Waals surface area contributed by atoms with E-state index in [4.69, 9.17) is 0 Å². The van der Waals surface area contributed by atoms with Gasteiger partial charge in [0.25, 0.3) is 0 Å². The highest BCUT2D eigenvalue weighted by atomic mass is 32.2. The highest BCUT2D eigenvalue weighted by Gasteiger charge is 2.22. The van der Waals surface area contributed by atoms with E-state index >= 15 is 0 Å². The van der Waals surface area contributed by atoms with Gasteiger partial charge in [-0.3, -0.25) is 9.59 Å². The summed E-state index contributed by atoms with van der Waals surface area (Å²) in [5.41, 5.74) is 0.614. The van der Waals surface area contributed by atoms with Crippen LogP contribution in [-0.2, 0) is 25.8 Å². The molecule has 0 spiro atoms. The van der Waals surface area contributed by atoms with E-state index in [0.29, 0.717) is 26.2 Å². The van der Waals surface area contributed by atoms with Gasteiger partial charge < -0.3 is 10.6 Å². The number of rotatable bonds is 5. The van der Waals surface area contributed by atoms with Crippen LogP contribution in [0.1, 0.15) is 26.5 Å². The van der Waals surface area contributed by atoms with Gasteiger partial charge in [-0.2, -0.15) is 0 Å². The molecule has 0 bridgehead atoms. The summed E-state index contributed by atoms with van der Waals surface area (Å²) in [6, 6.07) is 4.65. The van der Waals surface area contributed by atoms with Crippen LogP contribution < -0.4 is 10.6 Å². The van der Waals surface area contributed by atoms with Crippen LogP contribution in [0.2, 0.25) is 0 Å². The van der Waals surface area contributed by atoms with Gasteiger partial charge in [0.2, 0.25) is 11.8 Å². The first kappa shape index (κ1) is 21.3. The predicted molar refractivity (Wildman–Crippen MR) is 115 cm³/mol. The lowest BCUT2D eigenvalue weighted by Gasteiger charge is -2.15. The van der Waals surface area contributed by atoms with Crippen molar-refractivity contribution in [1.82, 2.24) is 9.97 Å². The van der Waals surface area contributed by atoms with E-state index < -0.39 is 15.3 Å². The number of nitrogens with one attached hydrogen (secondary N) is 2. The highest BCUT2D eigenvalue weighted by Crippen LogP contribution is 2.28. The number of sulfone groups is 1. The van der Waals surface area contributed by atoms with E-state index in [1.54, 1.807) is 38.3 Å². The topological polar surface area (TPSA) is 118 Å². The van der Waals surface area contributed by atoms with Gasteiger partial charge >= 0.3 is 0 Å². The van der Waals surface area contributed by atoms with Crippen molar-refractivity contribution in [2.75, 3.05) is 16.9 Å². The molecule has 0 aliphatic carbocycles. The van der Waals surface area contributed by atoms with Crippen molar-refractivity contribution in [1.29, 1.82) is 0 Å². The Labute approximate surface area is 176 Å². The standard InChI is InChI=1S/C18H20N4O4S3/c1-18(2,3)15(24)22-16-19-10(9-27-16)7-14(23)21-17-20-12-6-5-11(29(4,25)26)8-13(12)28-17/h5-6,8-9H,7H2,1-4H3,(H,19,22,24)(H,20,21,23). The number of nitrogens with zero attached hydrogens (tertiary/aromatic N) is 2. The number of carbonyl (C=O) groups excluding carboxylic acids is 2. The molecule has 154 valence electrons. The second-order valence-corrected chi connectivity index (χ2v) is 11.4. The smallest absolute Gasteiger partial charge is 0.232 e. The molecule has 0 saturated carbocycles. The van der Waals surface area contributed by atoms with E-state index in [1.165, 1.54) is 28.7 Å². The van der Waals surface area contributed by atoms with Crippen LogP contribution in [0.4, 0.5) is 10.3 Å². The molecule has 0 saturated heterocycles. The molecule has 1 aromatic carbocycles. The number of benzene rings is 1. The molecule has 8 nitrogen and oxygen atoms in total. The first-order valence-electron chi connectivity index (χ1n) is 8.58. The monoisotopic (exact) mass is 452 g/mol. The molecular formula is C18H20N4O4S3. The molecule has 0 fully saturated rings. The molecule has 2 aromatic heterocycles. The minimum atomic E-state index is -3.31. The summed E-state index contributed by atoms with van der Waals surface area (Å²) in [7, 11) is -3.31. The van der Waals surface area contributed by atoms with E-state index in [1.807, 2.05) is 0 Å². The summed E-state index contributed by atoms with van der Waals surface area (Å²) in [6.07, 6.45) is 1.18. The molecule has 2 heterocycles. The Morgan fingerprint density at radius 3 is 2.48 bits per heavy atom. The van der Waals surface area contributed by atoms with Crippen LogP contribution in [-0.4, -0.2) is 36.5 Å². The average Bonchev–Trinajstić information content (AvgIpc) is 3.18. The zero-order chi connectivity index (χ0) is 21.4. The Morgan fingerprint density at radius 2 is 1.83 bits per heavy atom. The largest absolute Gasteiger partial charge is 0.302 e. The fourth-order valence-corrected chi connectivity index (χ4v) is 4.60. The normalized spacial score (nSPS) is 12.1. The van der Waals surface area contributed by atoms with E-state index in [-0.39, 0.29) is 23.1 Å². The maximum Gasteiger partial charge on any atom is 0.232 e. The second-order valence-electron chi connectivity index (χ2n) is 7.49. The Morgan fingerprint density at radius 1 is 1.10 bits per heavy atom. The summed E-state index contributed by atoms with van der Waals surface area (Å²) in [5.74, 6) is -0.447. The second kappa shape index (κ2) is 7.81. The number of carbonyl (C=O) groups is 2. The van der Waals surface area contributed by atoms with Crippen molar-refractivity contribution in [3.63, 3.8) is 0 Å². The number of anilines is 2. The lowest BCUT2D eigenvalue weighted by molar-refractivity contribution is -0.123. The van der Waals surface area contributed by atoms with Gasteiger partial charge in [0, 0.05) is 17.1 Å². The van der Waals surface area contributed by atoms with E-state index in [2.05, 4.69) is 20.6 Å². The van der Waals surface area contributed by atoms with Gasteiger partial charge in [-0.05, 0) is 18.2 Å². The Balaban J connectivity index is 1.66. The molecule has 0 aliphatic heterocycles. The third kappa shape index (κ3) is 5.37. The average molecular weight is 453 g/mol. The fraction of sp³-hybridized carbons (Fsp3) is 0.333. The van der Waals surface area contributed by atoms with Crippen molar-refractivity contribution >= 4 is 64.8 Å². The van der Waals surface area contributed by atoms with Gasteiger partial charge in [0.15, 0.2) is 20.1 Å². The highest BCUT2D eigenvalue weighted by molar-refractivity contribution is 7.90. The van der Waals surface area contributed by atoms with Crippen LogP contribution in [0, 0.1) is 5.41 Å². The van der Waals surface area contributed by atoms with Crippen LogP contribution in [0.15, 0.2) is 28.5 Å². The number of fused-ring (bicyclic) bond motifs is 1. The SMILES string of the molecule is CC(C)(C)C(=O)Nc1nc(CC(=O)Nc2nc3ccc(S(C)(=O)=O)cc3s2)cs1. The molecule has 2 N–H and O–H groups in total. The number of aromatic nitrogens is 2. The first-order valence-corrected chi connectivity index (χ1v) is 12.2. The number of amides is 2. The maximum atomic E-state index is 12.3. The number of hydrogen-bond donors (Lipinski definition) is 2. The molecule has 0 radical (unpaired) electrons. The summed E-state index contributed by atoms with van der Waals surface area (Å²) < 4.78 is 24.0. The Bertz CT molecular complexity index is 1190. The summed E-state index contributed by atoms with van der Waals surface area (Å²) >= 11 is 2.46. The zero-order valence-electron chi connectivity index (χ0n) is 16.3. The molecule has 3 aromatic rings. The molecule has 11 heteroatoms. The lowest BCUT2D eigenvalue weighted by atomic mass is 9.96. The summed E-state index contributed by atoms with van der Waals surface area (Å²) in [5, 5.41) is 7.99. The maximum absolute atomic E-state index is 12.3. The van der Waals surface area contributed by atoms with Gasteiger partial charge in [0.1, 0.15) is 0 Å².